The van der Waals surface area contributed by atoms with Crippen molar-refractivity contribution in [2.45, 2.75) is 66.0 Å². The first-order valence-corrected chi connectivity index (χ1v) is 6.73. The molecule has 0 bridgehead atoms. The van der Waals surface area contributed by atoms with Crippen molar-refractivity contribution in [2.75, 3.05) is 0 Å². The van der Waals surface area contributed by atoms with Gasteiger partial charge in [-0.25, -0.2) is 0 Å². The summed E-state index contributed by atoms with van der Waals surface area (Å²) in [6.07, 6.45) is 3.27. The van der Waals surface area contributed by atoms with Crippen LogP contribution >= 0.6 is 0 Å². The molecule has 102 valence electrons. The summed E-state index contributed by atoms with van der Waals surface area (Å²) in [4.78, 5) is 12.5. The maximum Gasteiger partial charge on any atom is 0.257 e. The maximum absolute atomic E-state index is 12.5. The van der Waals surface area contributed by atoms with Gasteiger partial charge >= 0.3 is 0 Å². The lowest BCUT2D eigenvalue weighted by atomic mass is 9.95. The fraction of sp³-hybridized carbons (Fsp3) is 0.667. The molecule has 0 fully saturated rings. The van der Waals surface area contributed by atoms with E-state index in [9.17, 15) is 9.90 Å². The van der Waals surface area contributed by atoms with Crippen molar-refractivity contribution in [2.24, 2.45) is 0 Å². The van der Waals surface area contributed by atoms with Crippen LogP contribution in [0.5, 0.6) is 0 Å². The van der Waals surface area contributed by atoms with Gasteiger partial charge in [0.05, 0.1) is 11.2 Å². The highest BCUT2D eigenvalue weighted by Crippen LogP contribution is 2.20. The molecule has 3 heteroatoms. The van der Waals surface area contributed by atoms with Crippen LogP contribution in [0.2, 0.25) is 0 Å². The summed E-state index contributed by atoms with van der Waals surface area (Å²) in [5.41, 5.74) is 1.24. The van der Waals surface area contributed by atoms with Gasteiger partial charge in [0.15, 0.2) is 0 Å². The van der Waals surface area contributed by atoms with Crippen LogP contribution in [0.4, 0.5) is 0 Å². The number of aromatic nitrogens is 1. The van der Waals surface area contributed by atoms with Gasteiger partial charge in [0.1, 0.15) is 0 Å². The Morgan fingerprint density at radius 2 is 1.89 bits per heavy atom. The Balaban J connectivity index is 3.24. The van der Waals surface area contributed by atoms with Gasteiger partial charge in [-0.3, -0.25) is 4.79 Å². The number of unbranched alkanes of at least 4 members (excludes halogenated alkanes) is 2. The molecule has 3 nitrogen and oxygen atoms in total. The highest BCUT2D eigenvalue weighted by Gasteiger charge is 2.24. The molecule has 0 spiro atoms. The lowest BCUT2D eigenvalue weighted by Crippen LogP contribution is -2.34. The Bertz CT molecular complexity index is 467. The fourth-order valence-electron chi connectivity index (χ4n) is 2.47. The fourth-order valence-corrected chi connectivity index (χ4v) is 2.47. The van der Waals surface area contributed by atoms with Crippen LogP contribution in [-0.2, 0) is 12.1 Å². The first kappa shape index (κ1) is 15.0. The summed E-state index contributed by atoms with van der Waals surface area (Å²) in [5, 5.41) is 10.1. The van der Waals surface area contributed by atoms with E-state index in [4.69, 9.17) is 0 Å². The van der Waals surface area contributed by atoms with Crippen molar-refractivity contribution in [1.29, 1.82) is 0 Å². The van der Waals surface area contributed by atoms with E-state index in [2.05, 4.69) is 6.92 Å². The van der Waals surface area contributed by atoms with Gasteiger partial charge in [-0.2, -0.15) is 0 Å². The van der Waals surface area contributed by atoms with E-state index in [1.807, 2.05) is 19.9 Å². The maximum atomic E-state index is 12.5. The highest BCUT2D eigenvalue weighted by molar-refractivity contribution is 5.30. The average molecular weight is 251 g/mol. The molecule has 0 aliphatic rings. The third-order valence-corrected chi connectivity index (χ3v) is 3.30. The Labute approximate surface area is 109 Å². The van der Waals surface area contributed by atoms with Gasteiger partial charge < -0.3 is 9.67 Å². The third kappa shape index (κ3) is 3.22. The Kier molecular flexibility index (Phi) is 4.74. The molecule has 0 saturated carbocycles. The summed E-state index contributed by atoms with van der Waals surface area (Å²) in [5.74, 6) is 0. The zero-order valence-corrected chi connectivity index (χ0v) is 12.2. The third-order valence-electron chi connectivity index (χ3n) is 3.30. The summed E-state index contributed by atoms with van der Waals surface area (Å²) in [6.45, 7) is 10.1. The second-order valence-electron chi connectivity index (χ2n) is 5.57. The smallest absolute Gasteiger partial charge is 0.257 e. The molecule has 0 unspecified atom stereocenters. The first-order valence-electron chi connectivity index (χ1n) is 6.73. The van der Waals surface area contributed by atoms with E-state index < -0.39 is 5.60 Å². The molecule has 0 atom stereocenters. The minimum atomic E-state index is -1.08. The van der Waals surface area contributed by atoms with Crippen LogP contribution in [0.15, 0.2) is 10.9 Å². The molecule has 1 heterocycles. The van der Waals surface area contributed by atoms with Crippen molar-refractivity contribution in [3.05, 3.63) is 33.2 Å². The van der Waals surface area contributed by atoms with E-state index in [1.165, 1.54) is 0 Å². The van der Waals surface area contributed by atoms with E-state index in [0.717, 1.165) is 37.1 Å². The molecule has 0 aliphatic heterocycles. The van der Waals surface area contributed by atoms with Crippen molar-refractivity contribution in [1.82, 2.24) is 4.57 Å². The largest absolute Gasteiger partial charge is 0.386 e. The van der Waals surface area contributed by atoms with Crippen molar-refractivity contribution >= 4 is 0 Å². The molecule has 1 N–H and O–H groups in total. The number of pyridine rings is 1. The second kappa shape index (κ2) is 5.70. The van der Waals surface area contributed by atoms with Gasteiger partial charge in [0.25, 0.3) is 5.56 Å². The molecule has 1 rings (SSSR count). The van der Waals surface area contributed by atoms with E-state index >= 15 is 0 Å². The molecule has 0 radical (unpaired) electrons. The van der Waals surface area contributed by atoms with Crippen molar-refractivity contribution in [3.63, 3.8) is 0 Å². The normalized spacial score (nSPS) is 11.9. The van der Waals surface area contributed by atoms with Gasteiger partial charge in [-0.15, -0.1) is 0 Å². The van der Waals surface area contributed by atoms with Crippen LogP contribution in [0.3, 0.4) is 0 Å². The minimum absolute atomic E-state index is 0.0453. The van der Waals surface area contributed by atoms with Crippen LogP contribution in [0, 0.1) is 13.8 Å². The molecule has 0 amide bonds. The Hall–Kier alpha value is -1.09. The molecular weight excluding hydrogens is 226 g/mol. The zero-order chi connectivity index (χ0) is 13.9. The first-order chi connectivity index (χ1) is 8.29. The van der Waals surface area contributed by atoms with Gasteiger partial charge in [0, 0.05) is 12.2 Å². The topological polar surface area (TPSA) is 42.2 Å². The Morgan fingerprint density at radius 3 is 2.39 bits per heavy atom. The van der Waals surface area contributed by atoms with Crippen LogP contribution in [-0.4, -0.2) is 9.67 Å². The second-order valence-corrected chi connectivity index (χ2v) is 5.57. The molecular formula is C15H25NO2. The van der Waals surface area contributed by atoms with Crippen LogP contribution in [0.25, 0.3) is 0 Å². The number of hydrogen-bond donors (Lipinski definition) is 1. The minimum Gasteiger partial charge on any atom is -0.386 e. The van der Waals surface area contributed by atoms with Crippen molar-refractivity contribution in [3.8, 4) is 0 Å². The molecule has 1 aromatic heterocycles. The molecule has 0 aliphatic carbocycles. The number of aryl methyl sites for hydroxylation is 2. The van der Waals surface area contributed by atoms with E-state index in [1.54, 1.807) is 18.4 Å². The monoisotopic (exact) mass is 251 g/mol. The average Bonchev–Trinajstić information content (AvgIpc) is 2.20. The number of rotatable bonds is 5. The molecule has 18 heavy (non-hydrogen) atoms. The van der Waals surface area contributed by atoms with Gasteiger partial charge in [-0.05, 0) is 45.7 Å². The quantitative estimate of drug-likeness (QED) is 0.818. The Morgan fingerprint density at radius 1 is 1.28 bits per heavy atom. The van der Waals surface area contributed by atoms with E-state index in [-0.39, 0.29) is 5.56 Å². The lowest BCUT2D eigenvalue weighted by Gasteiger charge is -2.22. The van der Waals surface area contributed by atoms with Crippen LogP contribution < -0.4 is 5.56 Å². The predicted molar refractivity (Wildman–Crippen MR) is 74.9 cm³/mol. The summed E-state index contributed by atoms with van der Waals surface area (Å²) in [7, 11) is 0. The summed E-state index contributed by atoms with van der Waals surface area (Å²) < 4.78 is 1.79. The van der Waals surface area contributed by atoms with Crippen molar-refractivity contribution < 1.29 is 5.11 Å². The van der Waals surface area contributed by atoms with Crippen LogP contribution in [0.1, 0.15) is 56.9 Å². The summed E-state index contributed by atoms with van der Waals surface area (Å²) in [6, 6.07) is 1.99. The number of nitrogens with zero attached hydrogens (tertiary/aromatic N) is 1. The summed E-state index contributed by atoms with van der Waals surface area (Å²) >= 11 is 0. The van der Waals surface area contributed by atoms with Gasteiger partial charge in [0.2, 0.25) is 0 Å². The standard InChI is InChI=1S/C15H25NO2/c1-6-7-8-9-16-12(3)10-11(2)13(14(16)17)15(4,5)18/h10,18H,6-9H2,1-5H3. The zero-order valence-electron chi connectivity index (χ0n) is 12.2. The number of hydrogen-bond acceptors (Lipinski definition) is 2. The highest BCUT2D eigenvalue weighted by atomic mass is 16.3. The molecule has 0 aromatic carbocycles. The lowest BCUT2D eigenvalue weighted by molar-refractivity contribution is 0.0757. The predicted octanol–water partition coefficient (Wildman–Crippen LogP) is 2.88. The van der Waals surface area contributed by atoms with Gasteiger partial charge in [-0.1, -0.05) is 19.8 Å². The molecule has 0 saturated heterocycles. The SMILES string of the molecule is CCCCCn1c(C)cc(C)c(C(C)(C)O)c1=O. The molecule has 1 aromatic rings. The van der Waals surface area contributed by atoms with E-state index in [0.29, 0.717) is 5.56 Å². The number of aliphatic hydroxyl groups is 1.